The van der Waals surface area contributed by atoms with Gasteiger partial charge in [0.1, 0.15) is 5.75 Å². The molecule has 0 fully saturated rings. The molecule has 5 heteroatoms. The highest BCUT2D eigenvalue weighted by Crippen LogP contribution is 2.19. The van der Waals surface area contributed by atoms with Crippen molar-refractivity contribution in [1.82, 2.24) is 0 Å². The summed E-state index contributed by atoms with van der Waals surface area (Å²) in [4.78, 5) is 12.1. The highest BCUT2D eigenvalue weighted by atomic mass is 35.5. The minimum Gasteiger partial charge on any atom is -0.481 e. The molecule has 4 nitrogen and oxygen atoms in total. The van der Waals surface area contributed by atoms with Crippen molar-refractivity contribution in [3.63, 3.8) is 0 Å². The number of nitrogens with one attached hydrogen (secondary N) is 1. The van der Waals surface area contributed by atoms with Crippen molar-refractivity contribution in [3.8, 4) is 5.75 Å². The second kappa shape index (κ2) is 7.11. The topological polar surface area (TPSA) is 58.6 Å². The van der Waals surface area contributed by atoms with E-state index >= 15 is 0 Å². The Bertz CT molecular complexity index is 630. The maximum Gasteiger partial charge on any atom is 0.265 e. The lowest BCUT2D eigenvalue weighted by molar-refractivity contribution is -0.122. The second-order valence-corrected chi connectivity index (χ2v) is 4.96. The van der Waals surface area contributed by atoms with Crippen LogP contribution in [0.1, 0.15) is 12.5 Å². The Morgan fingerprint density at radius 1 is 1.29 bits per heavy atom. The number of benzene rings is 2. The third-order valence-corrected chi connectivity index (χ3v) is 3.16. The maximum atomic E-state index is 12.1. The van der Waals surface area contributed by atoms with Crippen molar-refractivity contribution in [2.45, 2.75) is 19.6 Å². The molecule has 2 aromatic rings. The monoisotopic (exact) mass is 305 g/mol. The minimum absolute atomic E-state index is 0.139. The average Bonchev–Trinajstić information content (AvgIpc) is 2.47. The molecular formula is C16H16ClNO3. The lowest BCUT2D eigenvalue weighted by atomic mass is 10.2. The molecule has 110 valence electrons. The summed E-state index contributed by atoms with van der Waals surface area (Å²) >= 11 is 5.87. The van der Waals surface area contributed by atoms with Crippen molar-refractivity contribution in [1.29, 1.82) is 0 Å². The molecule has 0 radical (unpaired) electrons. The van der Waals surface area contributed by atoms with Gasteiger partial charge in [0.2, 0.25) is 0 Å². The number of hydrogen-bond donors (Lipinski definition) is 2. The SMILES string of the molecule is CC(Oc1cccc(Cl)c1)C(=O)Nc1ccccc1CO. The van der Waals surface area contributed by atoms with Crippen LogP contribution in [0.5, 0.6) is 5.75 Å². The molecule has 2 aromatic carbocycles. The third-order valence-electron chi connectivity index (χ3n) is 2.92. The Balaban J connectivity index is 2.02. The number of carbonyl (C=O) groups is 1. The van der Waals surface area contributed by atoms with E-state index in [1.54, 1.807) is 55.5 Å². The normalized spacial score (nSPS) is 11.8. The first kappa shape index (κ1) is 15.4. The Morgan fingerprint density at radius 2 is 2.05 bits per heavy atom. The number of anilines is 1. The molecule has 21 heavy (non-hydrogen) atoms. The number of hydrogen-bond acceptors (Lipinski definition) is 3. The van der Waals surface area contributed by atoms with Crippen molar-refractivity contribution in [3.05, 3.63) is 59.1 Å². The van der Waals surface area contributed by atoms with Gasteiger partial charge in [0.25, 0.3) is 5.91 Å². The summed E-state index contributed by atoms with van der Waals surface area (Å²) in [5.41, 5.74) is 1.23. The molecule has 0 spiro atoms. The lowest BCUT2D eigenvalue weighted by Gasteiger charge is -2.16. The lowest BCUT2D eigenvalue weighted by Crippen LogP contribution is -2.30. The summed E-state index contributed by atoms with van der Waals surface area (Å²) in [5, 5.41) is 12.5. The van der Waals surface area contributed by atoms with Crippen LogP contribution in [-0.4, -0.2) is 17.1 Å². The Labute approximate surface area is 128 Å². The van der Waals surface area contributed by atoms with Gasteiger partial charge in [0.05, 0.1) is 6.61 Å². The Morgan fingerprint density at radius 3 is 2.76 bits per heavy atom. The number of carbonyl (C=O) groups excluding carboxylic acids is 1. The number of amides is 1. The van der Waals surface area contributed by atoms with Crippen LogP contribution >= 0.6 is 11.6 Å². The molecule has 1 atom stereocenters. The van der Waals surface area contributed by atoms with Gasteiger partial charge >= 0.3 is 0 Å². The molecule has 0 aliphatic carbocycles. The molecule has 1 amide bonds. The van der Waals surface area contributed by atoms with Gasteiger partial charge in [-0.2, -0.15) is 0 Å². The van der Waals surface area contributed by atoms with Gasteiger partial charge in [-0.3, -0.25) is 4.79 Å². The van der Waals surface area contributed by atoms with Crippen molar-refractivity contribution in [2.24, 2.45) is 0 Å². The van der Waals surface area contributed by atoms with Crippen LogP contribution in [0.25, 0.3) is 0 Å². The molecule has 0 aliphatic rings. The van der Waals surface area contributed by atoms with E-state index in [1.807, 2.05) is 0 Å². The van der Waals surface area contributed by atoms with E-state index in [1.165, 1.54) is 0 Å². The van der Waals surface area contributed by atoms with E-state index in [-0.39, 0.29) is 12.5 Å². The number of halogens is 1. The van der Waals surface area contributed by atoms with Gasteiger partial charge in [0.15, 0.2) is 6.10 Å². The summed E-state index contributed by atoms with van der Waals surface area (Å²) in [7, 11) is 0. The zero-order valence-corrected chi connectivity index (χ0v) is 12.3. The van der Waals surface area contributed by atoms with Gasteiger partial charge in [-0.15, -0.1) is 0 Å². The van der Waals surface area contributed by atoms with Crippen molar-refractivity contribution in [2.75, 3.05) is 5.32 Å². The van der Waals surface area contributed by atoms with Crippen molar-refractivity contribution >= 4 is 23.2 Å². The van der Waals surface area contributed by atoms with Crippen LogP contribution < -0.4 is 10.1 Å². The first-order valence-corrected chi connectivity index (χ1v) is 6.90. The van der Waals surface area contributed by atoms with Crippen LogP contribution in [0.3, 0.4) is 0 Å². The quantitative estimate of drug-likeness (QED) is 0.891. The molecule has 0 aromatic heterocycles. The van der Waals surface area contributed by atoms with Gasteiger partial charge in [-0.1, -0.05) is 35.9 Å². The standard InChI is InChI=1S/C16H16ClNO3/c1-11(21-14-7-4-6-13(17)9-14)16(20)18-15-8-3-2-5-12(15)10-19/h2-9,11,19H,10H2,1H3,(H,18,20). The highest BCUT2D eigenvalue weighted by molar-refractivity contribution is 6.30. The predicted octanol–water partition coefficient (Wildman–Crippen LogP) is 3.24. The van der Waals surface area contributed by atoms with E-state index in [2.05, 4.69) is 5.32 Å². The fourth-order valence-electron chi connectivity index (χ4n) is 1.81. The molecule has 1 unspecified atom stereocenters. The smallest absolute Gasteiger partial charge is 0.265 e. The minimum atomic E-state index is -0.685. The Hall–Kier alpha value is -2.04. The van der Waals surface area contributed by atoms with Crippen LogP contribution in [-0.2, 0) is 11.4 Å². The average molecular weight is 306 g/mol. The van der Waals surface area contributed by atoms with Gasteiger partial charge < -0.3 is 15.2 Å². The number of ether oxygens (including phenoxy) is 1. The van der Waals surface area contributed by atoms with Gasteiger partial charge in [-0.25, -0.2) is 0 Å². The number of aliphatic hydroxyl groups is 1. The van der Waals surface area contributed by atoms with E-state index in [4.69, 9.17) is 16.3 Å². The van der Waals surface area contributed by atoms with Gasteiger partial charge in [-0.05, 0) is 31.2 Å². The summed E-state index contributed by atoms with van der Waals surface area (Å²) < 4.78 is 5.54. The van der Waals surface area contributed by atoms with Crippen LogP contribution in [0, 0.1) is 0 Å². The third kappa shape index (κ3) is 4.21. The number of para-hydroxylation sites is 1. The maximum absolute atomic E-state index is 12.1. The molecule has 0 saturated carbocycles. The summed E-state index contributed by atoms with van der Waals surface area (Å²) in [5.74, 6) is 0.233. The van der Waals surface area contributed by atoms with Crippen LogP contribution in [0.4, 0.5) is 5.69 Å². The zero-order valence-electron chi connectivity index (χ0n) is 11.5. The summed E-state index contributed by atoms with van der Waals surface area (Å²) in [6.07, 6.45) is -0.685. The fraction of sp³-hybridized carbons (Fsp3) is 0.188. The van der Waals surface area contributed by atoms with Crippen LogP contribution in [0.15, 0.2) is 48.5 Å². The van der Waals surface area contributed by atoms with Crippen LogP contribution in [0.2, 0.25) is 5.02 Å². The molecule has 0 aliphatic heterocycles. The van der Waals surface area contributed by atoms with Gasteiger partial charge in [0, 0.05) is 16.3 Å². The van der Waals surface area contributed by atoms with E-state index in [0.29, 0.717) is 22.0 Å². The fourth-order valence-corrected chi connectivity index (χ4v) is 1.99. The molecular weight excluding hydrogens is 290 g/mol. The number of rotatable bonds is 5. The highest BCUT2D eigenvalue weighted by Gasteiger charge is 2.16. The molecule has 2 N–H and O–H groups in total. The molecule has 0 bridgehead atoms. The van der Waals surface area contributed by atoms with E-state index in [9.17, 15) is 9.90 Å². The summed E-state index contributed by atoms with van der Waals surface area (Å²) in [6, 6.07) is 13.9. The Kier molecular flexibility index (Phi) is 5.20. The second-order valence-electron chi connectivity index (χ2n) is 4.52. The molecule has 0 heterocycles. The number of aliphatic hydroxyl groups excluding tert-OH is 1. The largest absolute Gasteiger partial charge is 0.481 e. The molecule has 2 rings (SSSR count). The summed E-state index contributed by atoms with van der Waals surface area (Å²) in [6.45, 7) is 1.51. The first-order chi connectivity index (χ1) is 10.1. The molecule has 0 saturated heterocycles. The predicted molar refractivity (Wildman–Crippen MR) is 82.5 cm³/mol. The van der Waals surface area contributed by atoms with E-state index < -0.39 is 6.10 Å². The first-order valence-electron chi connectivity index (χ1n) is 6.52. The zero-order chi connectivity index (χ0) is 15.2. The van der Waals surface area contributed by atoms with E-state index in [0.717, 1.165) is 0 Å². The van der Waals surface area contributed by atoms with Crippen molar-refractivity contribution < 1.29 is 14.6 Å².